The summed E-state index contributed by atoms with van der Waals surface area (Å²) in [6, 6.07) is 8.98. The monoisotopic (exact) mass is 331 g/mol. The maximum atomic E-state index is 12.9. The lowest BCUT2D eigenvalue weighted by Gasteiger charge is -2.21. The van der Waals surface area contributed by atoms with E-state index in [0.717, 1.165) is 31.4 Å². The SMILES string of the molecule is CCCCCCN1C(=O)c2cc(Cl)nnc2Oc2ccccc21. The Hall–Kier alpha value is -2.14. The fourth-order valence-corrected chi connectivity index (χ4v) is 2.78. The number of carbonyl (C=O) groups excluding carboxylic acids is 1. The van der Waals surface area contributed by atoms with Crippen molar-refractivity contribution in [1.82, 2.24) is 10.2 Å². The lowest BCUT2D eigenvalue weighted by Crippen LogP contribution is -2.31. The second-order valence-corrected chi connectivity index (χ2v) is 5.86. The van der Waals surface area contributed by atoms with Gasteiger partial charge in [0, 0.05) is 6.54 Å². The van der Waals surface area contributed by atoms with E-state index in [1.165, 1.54) is 6.07 Å². The van der Waals surface area contributed by atoms with Gasteiger partial charge in [0.2, 0.25) is 0 Å². The molecule has 5 nitrogen and oxygen atoms in total. The summed E-state index contributed by atoms with van der Waals surface area (Å²) >= 11 is 5.90. The molecule has 120 valence electrons. The van der Waals surface area contributed by atoms with Gasteiger partial charge in [0.1, 0.15) is 5.56 Å². The molecule has 1 aromatic carbocycles. The van der Waals surface area contributed by atoms with E-state index in [1.807, 2.05) is 24.3 Å². The minimum absolute atomic E-state index is 0.154. The Morgan fingerprint density at radius 3 is 2.83 bits per heavy atom. The Morgan fingerprint density at radius 1 is 1.17 bits per heavy atom. The Kier molecular flexibility index (Phi) is 4.76. The normalized spacial score (nSPS) is 13.1. The predicted octanol–water partition coefficient (Wildman–Crippen LogP) is 4.46. The predicted molar refractivity (Wildman–Crippen MR) is 89.4 cm³/mol. The first-order chi connectivity index (χ1) is 11.2. The number of fused-ring (bicyclic) bond motifs is 2. The Balaban J connectivity index is 1.97. The van der Waals surface area contributed by atoms with Crippen molar-refractivity contribution in [2.75, 3.05) is 11.4 Å². The van der Waals surface area contributed by atoms with Crippen molar-refractivity contribution in [2.24, 2.45) is 0 Å². The molecule has 1 aromatic heterocycles. The van der Waals surface area contributed by atoms with Crippen molar-refractivity contribution in [3.05, 3.63) is 41.0 Å². The third kappa shape index (κ3) is 3.29. The van der Waals surface area contributed by atoms with Crippen molar-refractivity contribution in [2.45, 2.75) is 32.6 Å². The number of amides is 1. The number of hydrogen-bond acceptors (Lipinski definition) is 4. The fourth-order valence-electron chi connectivity index (χ4n) is 2.63. The van der Waals surface area contributed by atoms with E-state index in [4.69, 9.17) is 16.3 Å². The average molecular weight is 332 g/mol. The zero-order valence-corrected chi connectivity index (χ0v) is 13.7. The number of rotatable bonds is 5. The van der Waals surface area contributed by atoms with Gasteiger partial charge in [-0.3, -0.25) is 4.79 Å². The lowest BCUT2D eigenvalue weighted by atomic mass is 10.1. The molecule has 23 heavy (non-hydrogen) atoms. The number of ether oxygens (including phenoxy) is 1. The van der Waals surface area contributed by atoms with Gasteiger partial charge in [-0.2, -0.15) is 0 Å². The number of benzene rings is 1. The molecule has 1 amide bonds. The first-order valence-electron chi connectivity index (χ1n) is 7.82. The van der Waals surface area contributed by atoms with E-state index < -0.39 is 0 Å². The van der Waals surface area contributed by atoms with Crippen LogP contribution in [0.1, 0.15) is 43.0 Å². The maximum absolute atomic E-state index is 12.9. The number of unbranched alkanes of at least 4 members (excludes halogenated alkanes) is 3. The van der Waals surface area contributed by atoms with Crippen LogP contribution in [0.5, 0.6) is 11.6 Å². The van der Waals surface area contributed by atoms with Crippen molar-refractivity contribution in [1.29, 1.82) is 0 Å². The first-order valence-corrected chi connectivity index (χ1v) is 8.20. The standard InChI is InChI=1S/C17H18ClN3O2/c1-2-3-4-7-10-21-13-8-5-6-9-14(13)23-16-12(17(21)22)11-15(18)19-20-16/h5-6,8-9,11H,2-4,7,10H2,1H3. The van der Waals surface area contributed by atoms with Gasteiger partial charge < -0.3 is 9.64 Å². The number of anilines is 1. The van der Waals surface area contributed by atoms with Crippen LogP contribution in [0.15, 0.2) is 30.3 Å². The molecule has 0 fully saturated rings. The molecule has 0 spiro atoms. The van der Waals surface area contributed by atoms with Crippen LogP contribution in [-0.2, 0) is 0 Å². The summed E-state index contributed by atoms with van der Waals surface area (Å²) in [5.41, 5.74) is 1.10. The number of hydrogen-bond donors (Lipinski definition) is 0. The second-order valence-electron chi connectivity index (χ2n) is 5.47. The molecule has 0 saturated heterocycles. The molecule has 0 saturated carbocycles. The van der Waals surface area contributed by atoms with Crippen LogP contribution in [0.3, 0.4) is 0 Å². The molecule has 3 rings (SSSR count). The highest BCUT2D eigenvalue weighted by Gasteiger charge is 2.29. The summed E-state index contributed by atoms with van der Waals surface area (Å²) in [4.78, 5) is 14.7. The highest BCUT2D eigenvalue weighted by atomic mass is 35.5. The van der Waals surface area contributed by atoms with Gasteiger partial charge in [0.25, 0.3) is 11.8 Å². The minimum Gasteiger partial charge on any atom is -0.435 e. The Bertz CT molecular complexity index is 721. The van der Waals surface area contributed by atoms with Gasteiger partial charge in [-0.25, -0.2) is 0 Å². The van der Waals surface area contributed by atoms with Crippen LogP contribution in [0.25, 0.3) is 0 Å². The molecule has 2 heterocycles. The number of halogens is 1. The Labute approximate surface area is 140 Å². The molecule has 0 N–H and O–H groups in total. The summed E-state index contributed by atoms with van der Waals surface area (Å²) in [7, 11) is 0. The van der Waals surface area contributed by atoms with Crippen LogP contribution in [-0.4, -0.2) is 22.6 Å². The maximum Gasteiger partial charge on any atom is 0.264 e. The van der Waals surface area contributed by atoms with Crippen molar-refractivity contribution < 1.29 is 9.53 Å². The summed E-state index contributed by atoms with van der Waals surface area (Å²) in [6.07, 6.45) is 4.34. The highest BCUT2D eigenvalue weighted by molar-refractivity contribution is 6.29. The third-order valence-corrected chi connectivity index (χ3v) is 3.99. The average Bonchev–Trinajstić information content (AvgIpc) is 2.67. The van der Waals surface area contributed by atoms with Crippen molar-refractivity contribution in [3.8, 4) is 11.6 Å². The van der Waals surface area contributed by atoms with E-state index in [2.05, 4.69) is 17.1 Å². The molecule has 0 bridgehead atoms. The van der Waals surface area contributed by atoms with E-state index >= 15 is 0 Å². The molecule has 6 heteroatoms. The summed E-state index contributed by atoms with van der Waals surface area (Å²) in [6.45, 7) is 2.80. The van der Waals surface area contributed by atoms with Gasteiger partial charge in [0.05, 0.1) is 5.69 Å². The molecule has 1 aliphatic heterocycles. The van der Waals surface area contributed by atoms with Crippen LogP contribution >= 0.6 is 11.6 Å². The fraction of sp³-hybridized carbons (Fsp3) is 0.353. The molecular formula is C17H18ClN3O2. The zero-order valence-electron chi connectivity index (χ0n) is 13.0. The number of nitrogens with zero attached hydrogens (tertiary/aromatic N) is 3. The smallest absolute Gasteiger partial charge is 0.264 e. The molecule has 1 aliphatic rings. The van der Waals surface area contributed by atoms with E-state index in [1.54, 1.807) is 4.90 Å². The molecule has 2 aromatic rings. The summed E-state index contributed by atoms with van der Waals surface area (Å²) < 4.78 is 5.79. The van der Waals surface area contributed by atoms with Crippen LogP contribution in [0.2, 0.25) is 5.15 Å². The third-order valence-electron chi connectivity index (χ3n) is 3.80. The second kappa shape index (κ2) is 6.96. The topological polar surface area (TPSA) is 55.3 Å². The molecular weight excluding hydrogens is 314 g/mol. The van der Waals surface area contributed by atoms with E-state index in [9.17, 15) is 4.79 Å². The first kappa shape index (κ1) is 15.7. The quantitative estimate of drug-likeness (QED) is 0.759. The summed E-state index contributed by atoms with van der Waals surface area (Å²) in [5.74, 6) is 0.646. The number of aromatic nitrogens is 2. The molecule has 0 radical (unpaired) electrons. The van der Waals surface area contributed by atoms with Gasteiger partial charge in [-0.05, 0) is 24.6 Å². The number of carbonyl (C=O) groups is 1. The minimum atomic E-state index is -0.154. The highest BCUT2D eigenvalue weighted by Crippen LogP contribution is 2.38. The van der Waals surface area contributed by atoms with Gasteiger partial charge in [0.15, 0.2) is 10.9 Å². The van der Waals surface area contributed by atoms with E-state index in [0.29, 0.717) is 17.9 Å². The van der Waals surface area contributed by atoms with Gasteiger partial charge in [-0.1, -0.05) is 49.9 Å². The summed E-state index contributed by atoms with van der Waals surface area (Å²) in [5, 5.41) is 7.87. The van der Waals surface area contributed by atoms with Crippen LogP contribution in [0, 0.1) is 0 Å². The Morgan fingerprint density at radius 2 is 2.00 bits per heavy atom. The van der Waals surface area contributed by atoms with Gasteiger partial charge in [-0.15, -0.1) is 10.2 Å². The van der Waals surface area contributed by atoms with Crippen LogP contribution in [0.4, 0.5) is 5.69 Å². The molecule has 0 atom stereocenters. The zero-order chi connectivity index (χ0) is 16.2. The molecule has 0 aliphatic carbocycles. The largest absolute Gasteiger partial charge is 0.435 e. The number of para-hydroxylation sites is 2. The van der Waals surface area contributed by atoms with Gasteiger partial charge >= 0.3 is 0 Å². The lowest BCUT2D eigenvalue weighted by molar-refractivity contribution is 0.0986. The molecule has 0 unspecified atom stereocenters. The van der Waals surface area contributed by atoms with Crippen molar-refractivity contribution >= 4 is 23.2 Å². The van der Waals surface area contributed by atoms with Crippen LogP contribution < -0.4 is 9.64 Å². The van der Waals surface area contributed by atoms with Crippen molar-refractivity contribution in [3.63, 3.8) is 0 Å². The van der Waals surface area contributed by atoms with E-state index in [-0.39, 0.29) is 16.9 Å².